The molecule has 0 aliphatic rings. The lowest BCUT2D eigenvalue weighted by molar-refractivity contribution is 1.06. The van der Waals surface area contributed by atoms with E-state index < -0.39 is 0 Å². The van der Waals surface area contributed by atoms with Crippen LogP contribution in [0.1, 0.15) is 10.7 Å². The highest BCUT2D eigenvalue weighted by molar-refractivity contribution is 7.09. The molecular weight excluding hydrogens is 256 g/mol. The van der Waals surface area contributed by atoms with Gasteiger partial charge >= 0.3 is 0 Å². The Labute approximate surface area is 115 Å². The molecule has 0 radical (unpaired) electrons. The second kappa shape index (κ2) is 4.85. The fraction of sp³-hybridized carbons (Fsp3) is 0.143. The molecule has 4 nitrogen and oxygen atoms in total. The van der Waals surface area contributed by atoms with E-state index in [1.54, 1.807) is 11.3 Å². The van der Waals surface area contributed by atoms with Crippen LogP contribution in [0.2, 0.25) is 0 Å². The van der Waals surface area contributed by atoms with Crippen molar-refractivity contribution in [2.75, 3.05) is 11.1 Å². The third kappa shape index (κ3) is 2.66. The first-order chi connectivity index (χ1) is 9.20. The number of hydrogen-bond acceptors (Lipinski definition) is 5. The molecule has 5 heteroatoms. The molecular formula is C14H14N4S. The topological polar surface area (TPSA) is 63.8 Å². The zero-order valence-corrected chi connectivity index (χ0v) is 11.4. The summed E-state index contributed by atoms with van der Waals surface area (Å²) >= 11 is 1.66. The van der Waals surface area contributed by atoms with Gasteiger partial charge < -0.3 is 11.1 Å². The molecule has 0 saturated carbocycles. The number of benzene rings is 1. The minimum atomic E-state index is 0.700. The minimum absolute atomic E-state index is 0.700. The van der Waals surface area contributed by atoms with Gasteiger partial charge in [-0.15, -0.1) is 11.3 Å². The maximum Gasteiger partial charge on any atom is 0.127 e. The molecule has 0 atom stereocenters. The molecule has 0 unspecified atom stereocenters. The number of nitrogens with two attached hydrogens (primary N) is 1. The number of thiazole rings is 1. The van der Waals surface area contributed by atoms with Crippen molar-refractivity contribution in [1.82, 2.24) is 9.97 Å². The first kappa shape index (κ1) is 11.9. The summed E-state index contributed by atoms with van der Waals surface area (Å²) in [6.45, 7) is 2.70. The summed E-state index contributed by atoms with van der Waals surface area (Å²) in [4.78, 5) is 8.96. The molecule has 0 aliphatic carbocycles. The summed E-state index contributed by atoms with van der Waals surface area (Å²) in [7, 11) is 0. The highest BCUT2D eigenvalue weighted by Gasteiger charge is 2.01. The van der Waals surface area contributed by atoms with Crippen LogP contribution in [0, 0.1) is 6.92 Å². The third-order valence-electron chi connectivity index (χ3n) is 2.80. The smallest absolute Gasteiger partial charge is 0.127 e. The summed E-state index contributed by atoms with van der Waals surface area (Å²) in [6, 6.07) is 9.71. The first-order valence-electron chi connectivity index (χ1n) is 6.02. The van der Waals surface area contributed by atoms with Crippen LogP contribution in [0.3, 0.4) is 0 Å². The third-order valence-corrected chi connectivity index (χ3v) is 3.77. The van der Waals surface area contributed by atoms with Crippen LogP contribution < -0.4 is 11.1 Å². The number of fused-ring (bicyclic) bond motifs is 1. The quantitative estimate of drug-likeness (QED) is 0.717. The lowest BCUT2D eigenvalue weighted by Crippen LogP contribution is -2.01. The minimum Gasteiger partial charge on any atom is -0.399 e. The van der Waals surface area contributed by atoms with E-state index in [9.17, 15) is 0 Å². The number of aromatic nitrogens is 2. The lowest BCUT2D eigenvalue weighted by Gasteiger charge is -2.05. The molecule has 3 aromatic rings. The highest BCUT2D eigenvalue weighted by Crippen LogP contribution is 2.18. The molecule has 0 spiro atoms. The number of nitrogen functional groups attached to an aromatic ring is 1. The van der Waals surface area contributed by atoms with E-state index in [1.807, 2.05) is 42.6 Å². The van der Waals surface area contributed by atoms with E-state index in [-0.39, 0.29) is 0 Å². The van der Waals surface area contributed by atoms with E-state index in [0.29, 0.717) is 6.54 Å². The van der Waals surface area contributed by atoms with Crippen molar-refractivity contribution in [2.24, 2.45) is 0 Å². The molecule has 0 aliphatic heterocycles. The number of pyridine rings is 1. The Morgan fingerprint density at radius 3 is 2.89 bits per heavy atom. The number of aryl methyl sites for hydroxylation is 1. The molecule has 0 fully saturated rings. The van der Waals surface area contributed by atoms with Crippen molar-refractivity contribution in [1.29, 1.82) is 0 Å². The Bertz CT molecular complexity index is 720. The van der Waals surface area contributed by atoms with Gasteiger partial charge in [-0.3, -0.25) is 0 Å². The van der Waals surface area contributed by atoms with Crippen LogP contribution in [0.5, 0.6) is 0 Å². The molecule has 96 valence electrons. The molecule has 19 heavy (non-hydrogen) atoms. The van der Waals surface area contributed by atoms with Gasteiger partial charge in [-0.25, -0.2) is 9.97 Å². The van der Waals surface area contributed by atoms with Crippen molar-refractivity contribution in [2.45, 2.75) is 13.5 Å². The molecule has 2 aromatic heterocycles. The van der Waals surface area contributed by atoms with Crippen molar-refractivity contribution in [3.8, 4) is 0 Å². The summed E-state index contributed by atoms with van der Waals surface area (Å²) in [5.74, 6) is 0.852. The van der Waals surface area contributed by atoms with E-state index in [4.69, 9.17) is 5.73 Å². The zero-order chi connectivity index (χ0) is 13.2. The van der Waals surface area contributed by atoms with Crippen molar-refractivity contribution < 1.29 is 0 Å². The first-order valence-corrected chi connectivity index (χ1v) is 6.90. The molecule has 2 heterocycles. The van der Waals surface area contributed by atoms with Gasteiger partial charge in [0, 0.05) is 22.1 Å². The number of nitrogens with one attached hydrogen (secondary N) is 1. The van der Waals surface area contributed by atoms with Gasteiger partial charge in [0.05, 0.1) is 12.1 Å². The predicted octanol–water partition coefficient (Wildman–Crippen LogP) is 3.19. The molecule has 0 saturated heterocycles. The maximum atomic E-state index is 5.75. The molecule has 3 rings (SSSR count). The van der Waals surface area contributed by atoms with Gasteiger partial charge in [0.25, 0.3) is 0 Å². The summed E-state index contributed by atoms with van der Waals surface area (Å²) in [5, 5.41) is 7.45. The van der Waals surface area contributed by atoms with Gasteiger partial charge in [-0.05, 0) is 37.3 Å². The molecule has 1 aromatic carbocycles. The van der Waals surface area contributed by atoms with Crippen molar-refractivity contribution in [3.05, 3.63) is 46.4 Å². The second-order valence-corrected chi connectivity index (χ2v) is 5.33. The van der Waals surface area contributed by atoms with Crippen LogP contribution in [0.25, 0.3) is 10.9 Å². The van der Waals surface area contributed by atoms with Gasteiger partial charge in [-0.1, -0.05) is 0 Å². The number of rotatable bonds is 3. The van der Waals surface area contributed by atoms with E-state index in [1.165, 1.54) is 0 Å². The summed E-state index contributed by atoms with van der Waals surface area (Å²) in [6.07, 6.45) is 0. The average Bonchev–Trinajstić information content (AvgIpc) is 2.82. The Balaban J connectivity index is 1.79. The largest absolute Gasteiger partial charge is 0.399 e. The van der Waals surface area contributed by atoms with E-state index in [2.05, 4.69) is 15.3 Å². The Morgan fingerprint density at radius 2 is 2.11 bits per heavy atom. The number of anilines is 2. The van der Waals surface area contributed by atoms with Gasteiger partial charge in [0.1, 0.15) is 10.8 Å². The molecule has 3 N–H and O–H groups in total. The van der Waals surface area contributed by atoms with Crippen LogP contribution >= 0.6 is 11.3 Å². The monoisotopic (exact) mass is 270 g/mol. The van der Waals surface area contributed by atoms with Crippen LogP contribution in [-0.2, 0) is 6.54 Å². The second-order valence-electron chi connectivity index (χ2n) is 4.38. The van der Waals surface area contributed by atoms with Crippen LogP contribution in [-0.4, -0.2) is 9.97 Å². The summed E-state index contributed by atoms with van der Waals surface area (Å²) < 4.78 is 0. The normalized spacial score (nSPS) is 10.8. The predicted molar refractivity (Wildman–Crippen MR) is 80.3 cm³/mol. The fourth-order valence-electron chi connectivity index (χ4n) is 1.89. The Kier molecular flexibility index (Phi) is 3.05. The number of hydrogen-bond donors (Lipinski definition) is 2. The highest BCUT2D eigenvalue weighted by atomic mass is 32.1. The van der Waals surface area contributed by atoms with Crippen LogP contribution in [0.15, 0.2) is 35.7 Å². The molecule has 0 bridgehead atoms. The average molecular weight is 270 g/mol. The van der Waals surface area contributed by atoms with Crippen LogP contribution in [0.4, 0.5) is 11.5 Å². The Hall–Kier alpha value is -2.14. The van der Waals surface area contributed by atoms with Crippen molar-refractivity contribution in [3.63, 3.8) is 0 Å². The van der Waals surface area contributed by atoms with E-state index >= 15 is 0 Å². The fourth-order valence-corrected chi connectivity index (χ4v) is 2.60. The van der Waals surface area contributed by atoms with E-state index in [0.717, 1.165) is 33.1 Å². The lowest BCUT2D eigenvalue weighted by atomic mass is 10.2. The van der Waals surface area contributed by atoms with Gasteiger partial charge in [-0.2, -0.15) is 0 Å². The van der Waals surface area contributed by atoms with Crippen molar-refractivity contribution >= 4 is 33.7 Å². The van der Waals surface area contributed by atoms with Gasteiger partial charge in [0.15, 0.2) is 0 Å². The molecule has 0 amide bonds. The standard InChI is InChI=1S/C14H14N4S/c1-9-8-19-14(17-9)7-16-13-5-2-10-6-11(15)3-4-12(10)18-13/h2-6,8H,7,15H2,1H3,(H,16,18). The number of nitrogens with zero attached hydrogens (tertiary/aromatic N) is 2. The van der Waals surface area contributed by atoms with Gasteiger partial charge in [0.2, 0.25) is 0 Å². The maximum absolute atomic E-state index is 5.75. The Morgan fingerprint density at radius 1 is 1.21 bits per heavy atom. The zero-order valence-electron chi connectivity index (χ0n) is 10.6. The summed E-state index contributed by atoms with van der Waals surface area (Å²) in [5.41, 5.74) is 8.50. The SMILES string of the molecule is Cc1csc(CNc2ccc3cc(N)ccc3n2)n1.